The van der Waals surface area contributed by atoms with Crippen molar-refractivity contribution in [2.75, 3.05) is 13.1 Å². The van der Waals surface area contributed by atoms with Gasteiger partial charge in [-0.05, 0) is 43.0 Å². The number of halogens is 1. The Kier molecular flexibility index (Phi) is 4.81. The Labute approximate surface area is 116 Å². The van der Waals surface area contributed by atoms with E-state index in [4.69, 9.17) is 0 Å². The lowest BCUT2D eigenvalue weighted by Gasteiger charge is -2.26. The molecule has 0 saturated carbocycles. The molecule has 0 aromatic heterocycles. The zero-order valence-corrected chi connectivity index (χ0v) is 11.8. The van der Waals surface area contributed by atoms with Gasteiger partial charge in [-0.2, -0.15) is 0 Å². The molecule has 2 rings (SSSR count). The molecular formula is C14H17BrN2O. The number of hydrogen-bond donors (Lipinski definition) is 1. The molecule has 18 heavy (non-hydrogen) atoms. The number of hydrogen-bond acceptors (Lipinski definition) is 1. The molecule has 0 bridgehead atoms. The largest absolute Gasteiger partial charge is 0.325 e. The maximum Gasteiger partial charge on any atom is 0.321 e. The first-order chi connectivity index (χ1) is 8.75. The van der Waals surface area contributed by atoms with Gasteiger partial charge in [-0.3, -0.25) is 0 Å². The third-order valence-corrected chi connectivity index (χ3v) is 3.52. The minimum Gasteiger partial charge on any atom is -0.325 e. The van der Waals surface area contributed by atoms with E-state index in [-0.39, 0.29) is 6.03 Å². The van der Waals surface area contributed by atoms with E-state index in [9.17, 15) is 4.79 Å². The van der Waals surface area contributed by atoms with Gasteiger partial charge in [0.1, 0.15) is 0 Å². The molecule has 1 N–H and O–H groups in total. The summed E-state index contributed by atoms with van der Waals surface area (Å²) in [6, 6.07) is 7.95. The third-order valence-electron chi connectivity index (χ3n) is 3.00. The van der Waals surface area contributed by atoms with Crippen molar-refractivity contribution in [1.29, 1.82) is 0 Å². The molecule has 2 amide bonds. The summed E-state index contributed by atoms with van der Waals surface area (Å²) < 4.78 is 1.05. The summed E-state index contributed by atoms with van der Waals surface area (Å²) in [5.41, 5.74) is 1.07. The van der Waals surface area contributed by atoms with E-state index in [0.717, 1.165) is 36.0 Å². The number of urea groups is 1. The molecule has 1 fully saturated rings. The van der Waals surface area contributed by atoms with Gasteiger partial charge in [0.2, 0.25) is 0 Å². The van der Waals surface area contributed by atoms with E-state index in [0.29, 0.717) is 0 Å². The van der Waals surface area contributed by atoms with Crippen LogP contribution in [0.1, 0.15) is 24.8 Å². The second-order valence-corrected chi connectivity index (χ2v) is 5.30. The highest BCUT2D eigenvalue weighted by Gasteiger charge is 2.14. The summed E-state index contributed by atoms with van der Waals surface area (Å²) in [6.07, 6.45) is 7.07. The quantitative estimate of drug-likeness (QED) is 0.889. The van der Waals surface area contributed by atoms with Crippen molar-refractivity contribution in [2.24, 2.45) is 0 Å². The van der Waals surface area contributed by atoms with Crippen molar-refractivity contribution < 1.29 is 4.79 Å². The van der Waals surface area contributed by atoms with Gasteiger partial charge in [-0.15, -0.1) is 0 Å². The summed E-state index contributed by atoms with van der Waals surface area (Å²) in [6.45, 7) is 1.75. The van der Waals surface area contributed by atoms with Crippen LogP contribution in [0.25, 0.3) is 6.08 Å². The van der Waals surface area contributed by atoms with Gasteiger partial charge in [0, 0.05) is 23.8 Å². The first-order valence-corrected chi connectivity index (χ1v) is 7.02. The fraction of sp³-hybridized carbons (Fsp3) is 0.357. The first kappa shape index (κ1) is 13.1. The SMILES string of the molecule is O=C(N/C=C/c1ccc(Br)cc1)N1CCCCC1. The molecule has 0 unspecified atom stereocenters. The Morgan fingerprint density at radius 2 is 1.83 bits per heavy atom. The van der Waals surface area contributed by atoms with Crippen LogP contribution in [0, 0.1) is 0 Å². The second-order valence-electron chi connectivity index (χ2n) is 4.38. The van der Waals surface area contributed by atoms with E-state index in [1.807, 2.05) is 35.2 Å². The smallest absolute Gasteiger partial charge is 0.321 e. The van der Waals surface area contributed by atoms with Gasteiger partial charge < -0.3 is 10.2 Å². The van der Waals surface area contributed by atoms with Crippen LogP contribution in [0.4, 0.5) is 4.79 Å². The number of benzene rings is 1. The van der Waals surface area contributed by atoms with Crippen molar-refractivity contribution in [2.45, 2.75) is 19.3 Å². The fourth-order valence-corrected chi connectivity index (χ4v) is 2.24. The molecule has 1 aliphatic heterocycles. The number of amides is 2. The van der Waals surface area contributed by atoms with E-state index < -0.39 is 0 Å². The van der Waals surface area contributed by atoms with E-state index in [1.165, 1.54) is 6.42 Å². The van der Waals surface area contributed by atoms with Gasteiger partial charge in [0.25, 0.3) is 0 Å². The molecule has 0 radical (unpaired) electrons. The summed E-state index contributed by atoms with van der Waals surface area (Å²) in [5, 5.41) is 2.81. The van der Waals surface area contributed by atoms with Crippen molar-refractivity contribution >= 4 is 28.0 Å². The molecule has 1 aromatic rings. The molecule has 96 valence electrons. The molecule has 1 heterocycles. The Morgan fingerprint density at radius 1 is 1.17 bits per heavy atom. The number of carbonyl (C=O) groups is 1. The standard InChI is InChI=1S/C14H17BrN2O/c15-13-6-4-12(5-7-13)8-9-16-14(18)17-10-2-1-3-11-17/h4-9H,1-3,10-11H2,(H,16,18)/b9-8+. The molecule has 0 atom stereocenters. The van der Waals surface area contributed by atoms with Crippen LogP contribution in [-0.4, -0.2) is 24.0 Å². The van der Waals surface area contributed by atoms with Crippen molar-refractivity contribution in [1.82, 2.24) is 10.2 Å². The van der Waals surface area contributed by atoms with Crippen molar-refractivity contribution in [3.63, 3.8) is 0 Å². The molecule has 0 spiro atoms. The number of likely N-dealkylation sites (tertiary alicyclic amines) is 1. The second kappa shape index (κ2) is 6.59. The normalized spacial score (nSPS) is 15.9. The Hall–Kier alpha value is -1.29. The minimum absolute atomic E-state index is 0.00283. The zero-order chi connectivity index (χ0) is 12.8. The van der Waals surface area contributed by atoms with Crippen LogP contribution >= 0.6 is 15.9 Å². The first-order valence-electron chi connectivity index (χ1n) is 6.23. The average molecular weight is 309 g/mol. The lowest BCUT2D eigenvalue weighted by Crippen LogP contribution is -2.40. The summed E-state index contributed by atoms with van der Waals surface area (Å²) in [5.74, 6) is 0. The Balaban J connectivity index is 1.83. The number of piperidine rings is 1. The topological polar surface area (TPSA) is 32.3 Å². The molecule has 1 saturated heterocycles. The van der Waals surface area contributed by atoms with Gasteiger partial charge in [0.05, 0.1) is 0 Å². The predicted molar refractivity (Wildman–Crippen MR) is 77.1 cm³/mol. The van der Waals surface area contributed by atoms with Crippen LogP contribution in [-0.2, 0) is 0 Å². The third kappa shape index (κ3) is 3.88. The lowest BCUT2D eigenvalue weighted by molar-refractivity contribution is 0.190. The highest BCUT2D eigenvalue weighted by molar-refractivity contribution is 9.10. The van der Waals surface area contributed by atoms with Crippen LogP contribution in [0.15, 0.2) is 34.9 Å². The lowest BCUT2D eigenvalue weighted by atomic mass is 10.1. The average Bonchev–Trinajstić information content (AvgIpc) is 2.42. The van der Waals surface area contributed by atoms with Gasteiger partial charge in [0.15, 0.2) is 0 Å². The van der Waals surface area contributed by atoms with E-state index >= 15 is 0 Å². The van der Waals surface area contributed by atoms with Gasteiger partial charge >= 0.3 is 6.03 Å². The van der Waals surface area contributed by atoms with Crippen LogP contribution in [0.2, 0.25) is 0 Å². The summed E-state index contributed by atoms with van der Waals surface area (Å²) >= 11 is 3.39. The summed E-state index contributed by atoms with van der Waals surface area (Å²) in [4.78, 5) is 13.7. The highest BCUT2D eigenvalue weighted by atomic mass is 79.9. The van der Waals surface area contributed by atoms with Gasteiger partial charge in [-0.1, -0.05) is 28.1 Å². The fourth-order valence-electron chi connectivity index (χ4n) is 1.97. The monoisotopic (exact) mass is 308 g/mol. The highest BCUT2D eigenvalue weighted by Crippen LogP contribution is 2.11. The van der Waals surface area contributed by atoms with Crippen LogP contribution in [0.5, 0.6) is 0 Å². The maximum absolute atomic E-state index is 11.8. The molecule has 3 nitrogen and oxygen atoms in total. The molecule has 0 aliphatic carbocycles. The molecule has 1 aliphatic rings. The Morgan fingerprint density at radius 3 is 2.50 bits per heavy atom. The number of rotatable bonds is 2. The number of nitrogens with one attached hydrogen (secondary N) is 1. The molecular weight excluding hydrogens is 292 g/mol. The molecule has 1 aromatic carbocycles. The minimum atomic E-state index is 0.00283. The van der Waals surface area contributed by atoms with E-state index in [1.54, 1.807) is 6.20 Å². The van der Waals surface area contributed by atoms with Crippen molar-refractivity contribution in [3.8, 4) is 0 Å². The van der Waals surface area contributed by atoms with Crippen LogP contribution in [0.3, 0.4) is 0 Å². The number of carbonyl (C=O) groups excluding carboxylic acids is 1. The Bertz CT molecular complexity index is 422. The maximum atomic E-state index is 11.8. The van der Waals surface area contributed by atoms with Crippen molar-refractivity contribution in [3.05, 3.63) is 40.5 Å². The predicted octanol–water partition coefficient (Wildman–Crippen LogP) is 3.62. The van der Waals surface area contributed by atoms with Crippen LogP contribution < -0.4 is 5.32 Å². The van der Waals surface area contributed by atoms with E-state index in [2.05, 4.69) is 21.2 Å². The zero-order valence-electron chi connectivity index (χ0n) is 10.2. The summed E-state index contributed by atoms with van der Waals surface area (Å²) in [7, 11) is 0. The number of nitrogens with zero attached hydrogens (tertiary/aromatic N) is 1. The van der Waals surface area contributed by atoms with Gasteiger partial charge in [-0.25, -0.2) is 4.79 Å². The molecule has 4 heteroatoms.